The molecule has 1 amide bonds. The average Bonchev–Trinajstić information content (AvgIpc) is 2.70. The number of hydrogen-bond acceptors (Lipinski definition) is 5. The molecule has 144 valence electrons. The lowest BCUT2D eigenvalue weighted by Crippen LogP contribution is -2.27. The van der Waals surface area contributed by atoms with Crippen LogP contribution in [0.5, 0.6) is 5.75 Å². The molecule has 0 radical (unpaired) electrons. The van der Waals surface area contributed by atoms with Crippen LogP contribution in [-0.2, 0) is 16.1 Å². The lowest BCUT2D eigenvalue weighted by Gasteiger charge is -2.10. The lowest BCUT2D eigenvalue weighted by molar-refractivity contribution is -0.144. The normalized spacial score (nSPS) is 11.8. The Hall–Kier alpha value is -3.68. The monoisotopic (exact) mass is 381 g/mol. The molecule has 8 nitrogen and oxygen atoms in total. The Balaban J connectivity index is 1.89. The first kappa shape index (κ1) is 19.1. The number of anilines is 1. The van der Waals surface area contributed by atoms with Gasteiger partial charge in [-0.3, -0.25) is 19.0 Å². The molecule has 1 atom stereocenters. The third kappa shape index (κ3) is 4.01. The number of carbonyl (C=O) groups excluding carboxylic acids is 1. The first-order valence-corrected chi connectivity index (χ1v) is 8.55. The summed E-state index contributed by atoms with van der Waals surface area (Å²) in [4.78, 5) is 40.0. The van der Waals surface area contributed by atoms with Crippen LogP contribution in [0.15, 0.2) is 53.6 Å². The maximum Gasteiger partial charge on any atom is 0.315 e. The summed E-state index contributed by atoms with van der Waals surface area (Å²) in [5.41, 5.74) is 1.47. The molecule has 0 fully saturated rings. The number of benzene rings is 2. The zero-order valence-corrected chi connectivity index (χ0v) is 15.4. The van der Waals surface area contributed by atoms with Crippen molar-refractivity contribution in [3.8, 4) is 5.75 Å². The number of amides is 1. The van der Waals surface area contributed by atoms with Crippen molar-refractivity contribution in [2.45, 2.75) is 13.5 Å². The Morgan fingerprint density at radius 1 is 1.21 bits per heavy atom. The summed E-state index contributed by atoms with van der Waals surface area (Å²) in [7, 11) is 1.58. The minimum absolute atomic E-state index is 0.261. The van der Waals surface area contributed by atoms with Gasteiger partial charge >= 0.3 is 5.97 Å². The smallest absolute Gasteiger partial charge is 0.315 e. The van der Waals surface area contributed by atoms with Crippen molar-refractivity contribution in [3.63, 3.8) is 0 Å². The van der Waals surface area contributed by atoms with Gasteiger partial charge < -0.3 is 15.2 Å². The van der Waals surface area contributed by atoms with Gasteiger partial charge in [0, 0.05) is 5.69 Å². The number of aliphatic carboxylic acids is 1. The van der Waals surface area contributed by atoms with Crippen molar-refractivity contribution in [1.29, 1.82) is 0 Å². The summed E-state index contributed by atoms with van der Waals surface area (Å²) in [6.45, 7) is 1.63. The SMILES string of the molecule is COc1ccc(Cn2cnc3ccc(NC(=O)C(C)C(=O)O)cc3c2=O)cc1. The van der Waals surface area contributed by atoms with Crippen LogP contribution in [0.25, 0.3) is 10.9 Å². The Bertz CT molecular complexity index is 1090. The average molecular weight is 381 g/mol. The highest BCUT2D eigenvalue weighted by Crippen LogP contribution is 2.16. The number of ether oxygens (including phenoxy) is 1. The Morgan fingerprint density at radius 3 is 2.57 bits per heavy atom. The minimum atomic E-state index is -1.22. The van der Waals surface area contributed by atoms with Gasteiger partial charge in [-0.05, 0) is 42.8 Å². The number of rotatable bonds is 6. The first-order valence-electron chi connectivity index (χ1n) is 8.55. The number of carbonyl (C=O) groups is 2. The van der Waals surface area contributed by atoms with E-state index < -0.39 is 17.8 Å². The molecule has 8 heteroatoms. The molecule has 28 heavy (non-hydrogen) atoms. The number of nitrogens with zero attached hydrogens (tertiary/aromatic N) is 2. The summed E-state index contributed by atoms with van der Waals surface area (Å²) < 4.78 is 6.59. The number of fused-ring (bicyclic) bond motifs is 1. The third-order valence-electron chi connectivity index (χ3n) is 4.37. The molecular weight excluding hydrogens is 362 g/mol. The van der Waals surface area contributed by atoms with E-state index in [-0.39, 0.29) is 5.56 Å². The number of aromatic nitrogens is 2. The van der Waals surface area contributed by atoms with Crippen molar-refractivity contribution in [3.05, 3.63) is 64.7 Å². The molecule has 0 aliphatic carbocycles. The van der Waals surface area contributed by atoms with Crippen molar-refractivity contribution in [2.24, 2.45) is 5.92 Å². The van der Waals surface area contributed by atoms with E-state index in [2.05, 4.69) is 10.3 Å². The van der Waals surface area contributed by atoms with Gasteiger partial charge in [-0.25, -0.2) is 4.98 Å². The van der Waals surface area contributed by atoms with Crippen LogP contribution in [0.1, 0.15) is 12.5 Å². The molecule has 0 aliphatic rings. The second-order valence-corrected chi connectivity index (χ2v) is 6.31. The molecule has 1 aromatic heterocycles. The topological polar surface area (TPSA) is 111 Å². The van der Waals surface area contributed by atoms with Crippen LogP contribution in [0.2, 0.25) is 0 Å². The number of nitrogens with one attached hydrogen (secondary N) is 1. The summed E-state index contributed by atoms with van der Waals surface area (Å²) >= 11 is 0. The highest BCUT2D eigenvalue weighted by atomic mass is 16.5. The molecule has 3 aromatic rings. The number of hydrogen-bond donors (Lipinski definition) is 2. The lowest BCUT2D eigenvalue weighted by atomic mass is 10.1. The van der Waals surface area contributed by atoms with Gasteiger partial charge in [0.05, 0.1) is 30.9 Å². The molecule has 3 rings (SSSR count). The largest absolute Gasteiger partial charge is 0.497 e. The van der Waals surface area contributed by atoms with E-state index in [1.165, 1.54) is 23.9 Å². The quantitative estimate of drug-likeness (QED) is 0.633. The first-order chi connectivity index (χ1) is 13.4. The van der Waals surface area contributed by atoms with Gasteiger partial charge in [-0.15, -0.1) is 0 Å². The fraction of sp³-hybridized carbons (Fsp3) is 0.200. The van der Waals surface area contributed by atoms with Crippen LogP contribution in [0.4, 0.5) is 5.69 Å². The van der Waals surface area contributed by atoms with Crippen LogP contribution in [-0.4, -0.2) is 33.6 Å². The maximum absolute atomic E-state index is 12.8. The second-order valence-electron chi connectivity index (χ2n) is 6.31. The standard InChI is InChI=1S/C20H19N3O5/c1-12(20(26)27)18(24)22-14-5-8-17-16(9-14)19(25)23(11-21-17)10-13-3-6-15(28-2)7-4-13/h3-9,11-12H,10H2,1-2H3,(H,22,24)(H,26,27). The number of carboxylic acid groups (broad SMARTS) is 1. The Kier molecular flexibility index (Phi) is 5.39. The van der Waals surface area contributed by atoms with E-state index in [1.807, 2.05) is 24.3 Å². The maximum atomic E-state index is 12.8. The van der Waals surface area contributed by atoms with Gasteiger partial charge in [0.1, 0.15) is 11.7 Å². The van der Waals surface area contributed by atoms with Crippen LogP contribution < -0.4 is 15.6 Å². The second kappa shape index (κ2) is 7.91. The summed E-state index contributed by atoms with van der Waals surface area (Å²) in [6, 6.07) is 12.0. The molecule has 0 saturated heterocycles. The van der Waals surface area contributed by atoms with Crippen molar-refractivity contribution in [1.82, 2.24) is 9.55 Å². The molecule has 1 heterocycles. The zero-order chi connectivity index (χ0) is 20.3. The predicted molar refractivity (Wildman–Crippen MR) is 104 cm³/mol. The predicted octanol–water partition coefficient (Wildman–Crippen LogP) is 2.11. The van der Waals surface area contributed by atoms with Crippen molar-refractivity contribution in [2.75, 3.05) is 12.4 Å². The van der Waals surface area contributed by atoms with Crippen LogP contribution in [0.3, 0.4) is 0 Å². The van der Waals surface area contributed by atoms with Gasteiger partial charge in [-0.1, -0.05) is 12.1 Å². The number of carboxylic acids is 1. The third-order valence-corrected chi connectivity index (χ3v) is 4.37. The van der Waals surface area contributed by atoms with Gasteiger partial charge in [0.25, 0.3) is 5.56 Å². The molecule has 1 unspecified atom stereocenters. The van der Waals surface area contributed by atoms with Crippen LogP contribution in [0, 0.1) is 5.92 Å². The minimum Gasteiger partial charge on any atom is -0.497 e. The molecule has 2 N–H and O–H groups in total. The zero-order valence-electron chi connectivity index (χ0n) is 15.4. The van der Waals surface area contributed by atoms with Crippen molar-refractivity contribution >= 4 is 28.5 Å². The van der Waals surface area contributed by atoms with E-state index in [0.29, 0.717) is 23.1 Å². The molecule has 0 saturated carbocycles. The summed E-state index contributed by atoms with van der Waals surface area (Å²) in [6.07, 6.45) is 1.47. The highest BCUT2D eigenvalue weighted by Gasteiger charge is 2.20. The Morgan fingerprint density at radius 2 is 1.93 bits per heavy atom. The van der Waals surface area contributed by atoms with E-state index in [4.69, 9.17) is 9.84 Å². The highest BCUT2D eigenvalue weighted by molar-refractivity contribution is 6.04. The van der Waals surface area contributed by atoms with Crippen molar-refractivity contribution < 1.29 is 19.4 Å². The van der Waals surface area contributed by atoms with E-state index in [1.54, 1.807) is 19.2 Å². The van der Waals surface area contributed by atoms with Gasteiger partial charge in [0.2, 0.25) is 5.91 Å². The summed E-state index contributed by atoms with van der Waals surface area (Å²) in [5.74, 6) is -2.35. The van der Waals surface area contributed by atoms with Gasteiger partial charge in [-0.2, -0.15) is 0 Å². The van der Waals surface area contributed by atoms with E-state index in [0.717, 1.165) is 11.3 Å². The Labute approximate surface area is 160 Å². The molecular formula is C20H19N3O5. The van der Waals surface area contributed by atoms with Crippen LogP contribution >= 0.6 is 0 Å². The summed E-state index contributed by atoms with van der Waals surface area (Å²) in [5, 5.41) is 11.8. The molecule has 2 aromatic carbocycles. The molecule has 0 bridgehead atoms. The van der Waals surface area contributed by atoms with Gasteiger partial charge in [0.15, 0.2) is 0 Å². The number of methoxy groups -OCH3 is 1. The molecule has 0 aliphatic heterocycles. The molecule has 0 spiro atoms. The van der Waals surface area contributed by atoms with E-state index >= 15 is 0 Å². The van der Waals surface area contributed by atoms with E-state index in [9.17, 15) is 14.4 Å². The fourth-order valence-electron chi connectivity index (χ4n) is 2.64. The fourth-order valence-corrected chi connectivity index (χ4v) is 2.64.